The maximum Gasteiger partial charge on any atom is 0.308 e. The van der Waals surface area contributed by atoms with Crippen molar-refractivity contribution in [2.75, 3.05) is 38.4 Å². The van der Waals surface area contributed by atoms with Gasteiger partial charge in [-0.05, 0) is 75.0 Å². The molecule has 0 aliphatic carbocycles. The molecule has 178 valence electrons. The summed E-state index contributed by atoms with van der Waals surface area (Å²) in [5, 5.41) is 1.78. The average molecular weight is 472 g/mol. The van der Waals surface area contributed by atoms with Gasteiger partial charge >= 0.3 is 5.97 Å². The van der Waals surface area contributed by atoms with Crippen molar-refractivity contribution in [2.24, 2.45) is 11.8 Å². The fourth-order valence-electron chi connectivity index (χ4n) is 4.46. The van der Waals surface area contributed by atoms with Crippen LogP contribution in [0.15, 0.2) is 34.7 Å². The molecule has 2 aliphatic rings. The second kappa shape index (κ2) is 11.3. The summed E-state index contributed by atoms with van der Waals surface area (Å²) in [5.74, 6) is 1.42. The SMILES string of the molecule is CCOC(=O)C(C)CCC1CCN(Cc2cnc3c(c2)N(COC)c2nccnc2S3)CC1. The van der Waals surface area contributed by atoms with Gasteiger partial charge in [-0.2, -0.15) is 0 Å². The number of methoxy groups -OCH3 is 1. The lowest BCUT2D eigenvalue weighted by Crippen LogP contribution is -2.33. The van der Waals surface area contributed by atoms with Gasteiger partial charge in [-0.3, -0.25) is 14.6 Å². The van der Waals surface area contributed by atoms with Crippen LogP contribution in [0.1, 0.15) is 45.1 Å². The Bertz CT molecular complexity index is 951. The van der Waals surface area contributed by atoms with E-state index in [1.807, 2.05) is 24.9 Å². The Hall–Kier alpha value is -2.23. The first-order valence-electron chi connectivity index (χ1n) is 11.7. The molecule has 2 aromatic rings. The third kappa shape index (κ3) is 5.83. The number of hydrogen-bond acceptors (Lipinski definition) is 9. The highest BCUT2D eigenvalue weighted by Crippen LogP contribution is 2.45. The number of carbonyl (C=O) groups excluding carboxylic acids is 1. The van der Waals surface area contributed by atoms with Crippen LogP contribution in [0, 0.1) is 11.8 Å². The van der Waals surface area contributed by atoms with Crippen molar-refractivity contribution in [3.63, 3.8) is 0 Å². The van der Waals surface area contributed by atoms with E-state index in [0.717, 1.165) is 54.0 Å². The van der Waals surface area contributed by atoms with Gasteiger partial charge in [-0.1, -0.05) is 6.92 Å². The van der Waals surface area contributed by atoms with Gasteiger partial charge < -0.3 is 9.47 Å². The van der Waals surface area contributed by atoms with Gasteiger partial charge in [0.15, 0.2) is 5.82 Å². The molecule has 0 radical (unpaired) electrons. The molecular formula is C24H33N5O3S. The van der Waals surface area contributed by atoms with Gasteiger partial charge in [-0.25, -0.2) is 15.0 Å². The molecule has 8 nitrogen and oxygen atoms in total. The molecule has 4 rings (SSSR count). The zero-order chi connectivity index (χ0) is 23.2. The molecule has 2 aromatic heterocycles. The fraction of sp³-hybridized carbons (Fsp3) is 0.583. The summed E-state index contributed by atoms with van der Waals surface area (Å²) in [6, 6.07) is 2.21. The monoisotopic (exact) mass is 471 g/mol. The molecule has 9 heteroatoms. The van der Waals surface area contributed by atoms with E-state index < -0.39 is 0 Å². The smallest absolute Gasteiger partial charge is 0.308 e. The van der Waals surface area contributed by atoms with Gasteiger partial charge in [0, 0.05) is 32.2 Å². The number of anilines is 2. The van der Waals surface area contributed by atoms with Crippen LogP contribution in [0.25, 0.3) is 0 Å². The number of hydrogen-bond donors (Lipinski definition) is 0. The Morgan fingerprint density at radius 3 is 2.76 bits per heavy atom. The molecular weight excluding hydrogens is 438 g/mol. The van der Waals surface area contributed by atoms with E-state index in [9.17, 15) is 4.79 Å². The van der Waals surface area contributed by atoms with Crippen molar-refractivity contribution < 1.29 is 14.3 Å². The van der Waals surface area contributed by atoms with E-state index >= 15 is 0 Å². The highest BCUT2D eigenvalue weighted by molar-refractivity contribution is 7.99. The van der Waals surface area contributed by atoms with Crippen LogP contribution < -0.4 is 4.90 Å². The maximum atomic E-state index is 11.8. The lowest BCUT2D eigenvalue weighted by molar-refractivity contribution is -0.147. The van der Waals surface area contributed by atoms with E-state index in [-0.39, 0.29) is 11.9 Å². The zero-order valence-corrected chi connectivity index (χ0v) is 20.5. The third-order valence-electron chi connectivity index (χ3n) is 6.34. The number of ether oxygens (including phenoxy) is 2. The number of nitrogens with zero attached hydrogens (tertiary/aromatic N) is 5. The van der Waals surface area contributed by atoms with Crippen molar-refractivity contribution in [3.8, 4) is 0 Å². The van der Waals surface area contributed by atoms with Crippen molar-refractivity contribution in [1.82, 2.24) is 19.9 Å². The first kappa shape index (κ1) is 23.9. The van der Waals surface area contributed by atoms with Crippen LogP contribution in [0.5, 0.6) is 0 Å². The van der Waals surface area contributed by atoms with Crippen LogP contribution in [0.2, 0.25) is 0 Å². The fourth-order valence-corrected chi connectivity index (χ4v) is 5.39. The molecule has 2 aliphatic heterocycles. The first-order valence-corrected chi connectivity index (χ1v) is 12.5. The molecule has 0 N–H and O–H groups in total. The quantitative estimate of drug-likeness (QED) is 0.498. The number of fused-ring (bicyclic) bond motifs is 2. The second-order valence-electron chi connectivity index (χ2n) is 8.75. The van der Waals surface area contributed by atoms with Crippen molar-refractivity contribution in [2.45, 2.75) is 56.1 Å². The number of esters is 1. The van der Waals surface area contributed by atoms with Crippen LogP contribution >= 0.6 is 11.8 Å². The lowest BCUT2D eigenvalue weighted by Gasteiger charge is -2.33. The Morgan fingerprint density at radius 2 is 2.00 bits per heavy atom. The van der Waals surface area contributed by atoms with Gasteiger partial charge in [0.1, 0.15) is 16.8 Å². The number of carbonyl (C=O) groups is 1. The summed E-state index contributed by atoms with van der Waals surface area (Å²) in [6.45, 7) is 7.72. The summed E-state index contributed by atoms with van der Waals surface area (Å²) in [6.07, 6.45) is 9.74. The predicted molar refractivity (Wildman–Crippen MR) is 127 cm³/mol. The largest absolute Gasteiger partial charge is 0.466 e. The van der Waals surface area contributed by atoms with Gasteiger partial charge in [0.25, 0.3) is 0 Å². The van der Waals surface area contributed by atoms with E-state index in [4.69, 9.17) is 14.5 Å². The van der Waals surface area contributed by atoms with E-state index in [2.05, 4.69) is 20.9 Å². The Balaban J connectivity index is 1.33. The van der Waals surface area contributed by atoms with E-state index in [1.54, 1.807) is 31.3 Å². The minimum absolute atomic E-state index is 0.00714. The standard InChI is InChI=1S/C24H33N5O3S/c1-4-32-24(30)17(2)5-6-18-7-11-28(12-8-18)15-19-13-20-22(27-14-19)33-23-21(25-9-10-26-23)29(20)16-31-3/h9-10,13-14,17-18H,4-8,11-12,15-16H2,1-3H3. The summed E-state index contributed by atoms with van der Waals surface area (Å²) in [5.41, 5.74) is 2.22. The summed E-state index contributed by atoms with van der Waals surface area (Å²) < 4.78 is 10.6. The van der Waals surface area contributed by atoms with Crippen LogP contribution in [-0.4, -0.2) is 59.4 Å². The summed E-state index contributed by atoms with van der Waals surface area (Å²) in [4.78, 5) is 30.1. The summed E-state index contributed by atoms with van der Waals surface area (Å²) in [7, 11) is 1.69. The third-order valence-corrected chi connectivity index (χ3v) is 7.33. The predicted octanol–water partition coefficient (Wildman–Crippen LogP) is 4.27. The molecule has 33 heavy (non-hydrogen) atoms. The van der Waals surface area contributed by atoms with Crippen molar-refractivity contribution >= 4 is 29.2 Å². The number of rotatable bonds is 9. The molecule has 1 unspecified atom stereocenters. The maximum absolute atomic E-state index is 11.8. The Labute approximate surface area is 200 Å². The number of pyridine rings is 1. The van der Waals surface area contributed by atoms with E-state index in [1.165, 1.54) is 18.4 Å². The normalized spacial score (nSPS) is 17.4. The Morgan fingerprint density at radius 1 is 1.21 bits per heavy atom. The summed E-state index contributed by atoms with van der Waals surface area (Å²) >= 11 is 1.55. The van der Waals surface area contributed by atoms with Crippen molar-refractivity contribution in [3.05, 3.63) is 30.2 Å². The highest BCUT2D eigenvalue weighted by atomic mass is 32.2. The Kier molecular flexibility index (Phi) is 8.16. The molecule has 1 atom stereocenters. The van der Waals surface area contributed by atoms with Gasteiger partial charge in [-0.15, -0.1) is 0 Å². The van der Waals surface area contributed by atoms with Crippen molar-refractivity contribution in [1.29, 1.82) is 0 Å². The van der Waals surface area contributed by atoms with Crippen LogP contribution in [0.4, 0.5) is 11.5 Å². The van der Waals surface area contributed by atoms with Gasteiger partial charge in [0.2, 0.25) is 0 Å². The highest BCUT2D eigenvalue weighted by Gasteiger charge is 2.28. The molecule has 1 fully saturated rings. The molecule has 0 amide bonds. The van der Waals surface area contributed by atoms with E-state index in [0.29, 0.717) is 19.3 Å². The lowest BCUT2D eigenvalue weighted by atomic mass is 9.89. The number of piperidine rings is 1. The van der Waals surface area contributed by atoms with Crippen LogP contribution in [-0.2, 0) is 20.8 Å². The molecule has 1 saturated heterocycles. The van der Waals surface area contributed by atoms with Crippen LogP contribution in [0.3, 0.4) is 0 Å². The molecule has 0 bridgehead atoms. The topological polar surface area (TPSA) is 80.7 Å². The number of aromatic nitrogens is 3. The van der Waals surface area contributed by atoms with Gasteiger partial charge in [0.05, 0.1) is 18.2 Å². The minimum atomic E-state index is -0.0656. The zero-order valence-electron chi connectivity index (χ0n) is 19.7. The minimum Gasteiger partial charge on any atom is -0.466 e. The molecule has 0 saturated carbocycles. The second-order valence-corrected chi connectivity index (χ2v) is 9.73. The molecule has 0 aromatic carbocycles. The molecule has 0 spiro atoms. The number of likely N-dealkylation sites (tertiary alicyclic amines) is 1. The molecule has 4 heterocycles. The first-order chi connectivity index (χ1) is 16.1. The average Bonchev–Trinajstić information content (AvgIpc) is 2.83.